The first-order chi connectivity index (χ1) is 8.66. The number of ether oxygens (including phenoxy) is 2. The lowest BCUT2D eigenvalue weighted by Gasteiger charge is -2.20. The fourth-order valence-corrected chi connectivity index (χ4v) is 2.79. The molecule has 1 N–H and O–H groups in total. The molecule has 18 heavy (non-hydrogen) atoms. The minimum Gasteiger partial charge on any atom is -0.486 e. The van der Waals surface area contributed by atoms with Crippen molar-refractivity contribution in [2.75, 3.05) is 13.2 Å². The van der Waals surface area contributed by atoms with Gasteiger partial charge in [0.05, 0.1) is 5.92 Å². The predicted molar refractivity (Wildman–Crippen MR) is 66.0 cm³/mol. The van der Waals surface area contributed by atoms with Crippen molar-refractivity contribution >= 4 is 27.7 Å². The van der Waals surface area contributed by atoms with Crippen LogP contribution in [0.3, 0.4) is 0 Å². The van der Waals surface area contributed by atoms with E-state index >= 15 is 0 Å². The number of benzene rings is 1. The molecule has 1 saturated heterocycles. The fraction of sp³-hybridized carbons (Fsp3) is 0.333. The molecule has 5 nitrogen and oxygen atoms in total. The van der Waals surface area contributed by atoms with Gasteiger partial charge in [-0.2, -0.15) is 0 Å². The van der Waals surface area contributed by atoms with Crippen LogP contribution in [0.1, 0.15) is 11.5 Å². The van der Waals surface area contributed by atoms with E-state index in [-0.39, 0.29) is 11.8 Å². The van der Waals surface area contributed by atoms with Gasteiger partial charge in [0.2, 0.25) is 11.8 Å². The zero-order valence-corrected chi connectivity index (χ0v) is 10.9. The van der Waals surface area contributed by atoms with Crippen LogP contribution >= 0.6 is 15.9 Å². The molecule has 1 aromatic carbocycles. The lowest BCUT2D eigenvalue weighted by Crippen LogP contribution is -2.22. The lowest BCUT2D eigenvalue weighted by molar-refractivity contribution is -0.125. The molecule has 2 amide bonds. The van der Waals surface area contributed by atoms with Crippen LogP contribution in [-0.2, 0) is 9.59 Å². The van der Waals surface area contributed by atoms with Gasteiger partial charge < -0.3 is 9.47 Å². The van der Waals surface area contributed by atoms with Crippen LogP contribution in [0.2, 0.25) is 0 Å². The van der Waals surface area contributed by atoms with Crippen LogP contribution in [0.15, 0.2) is 18.2 Å². The maximum Gasteiger partial charge on any atom is 0.241 e. The minimum atomic E-state index is -0.535. The summed E-state index contributed by atoms with van der Waals surface area (Å²) in [5, 5.41) is 2.30. The molecule has 1 aromatic rings. The highest BCUT2D eigenvalue weighted by atomic mass is 79.9. The molecule has 1 fully saturated rings. The van der Waals surface area contributed by atoms with Gasteiger partial charge in [0, 0.05) is 0 Å². The average Bonchev–Trinajstić information content (AvgIpc) is 2.63. The number of halogens is 1. The number of imide groups is 1. The number of rotatable bonds is 1. The van der Waals surface area contributed by atoms with Crippen molar-refractivity contribution < 1.29 is 19.1 Å². The van der Waals surface area contributed by atoms with Crippen molar-refractivity contribution in [3.8, 4) is 11.5 Å². The van der Waals surface area contributed by atoms with E-state index < -0.39 is 10.7 Å². The SMILES string of the molecule is O=C1NC(=O)C(c2ccc3c(c2)OCCO3)C1Br. The molecule has 94 valence electrons. The quantitative estimate of drug-likeness (QED) is 0.620. The molecule has 2 aliphatic heterocycles. The Morgan fingerprint density at radius 3 is 2.50 bits per heavy atom. The topological polar surface area (TPSA) is 64.6 Å². The maximum absolute atomic E-state index is 11.7. The first-order valence-electron chi connectivity index (χ1n) is 5.55. The molecule has 2 atom stereocenters. The maximum atomic E-state index is 11.7. The fourth-order valence-electron chi connectivity index (χ4n) is 2.13. The molecule has 2 aliphatic rings. The Labute approximate surface area is 112 Å². The Kier molecular flexibility index (Phi) is 2.74. The summed E-state index contributed by atoms with van der Waals surface area (Å²) in [5.74, 6) is 0.165. The predicted octanol–water partition coefficient (Wildman–Crippen LogP) is 0.961. The lowest BCUT2D eigenvalue weighted by atomic mass is 9.97. The summed E-state index contributed by atoms with van der Waals surface area (Å²) in [6.45, 7) is 1.01. The van der Waals surface area contributed by atoms with E-state index in [2.05, 4.69) is 21.2 Å². The number of alkyl halides is 1. The van der Waals surface area contributed by atoms with Gasteiger partial charge in [0.1, 0.15) is 18.0 Å². The summed E-state index contributed by atoms with van der Waals surface area (Å²) >= 11 is 3.24. The molecule has 0 saturated carbocycles. The van der Waals surface area contributed by atoms with E-state index in [1.807, 2.05) is 0 Å². The number of hydrogen-bond donors (Lipinski definition) is 1. The number of amides is 2. The summed E-state index contributed by atoms with van der Waals surface area (Å²) in [4.78, 5) is 22.6. The summed E-state index contributed by atoms with van der Waals surface area (Å²) in [7, 11) is 0. The molecule has 2 heterocycles. The largest absolute Gasteiger partial charge is 0.486 e. The van der Waals surface area contributed by atoms with E-state index in [4.69, 9.17) is 9.47 Å². The first-order valence-corrected chi connectivity index (χ1v) is 6.47. The number of carbonyl (C=O) groups excluding carboxylic acids is 2. The van der Waals surface area contributed by atoms with Crippen LogP contribution in [-0.4, -0.2) is 29.9 Å². The highest BCUT2D eigenvalue weighted by molar-refractivity contribution is 9.10. The summed E-state index contributed by atoms with van der Waals surface area (Å²) in [6.07, 6.45) is 0. The molecule has 3 rings (SSSR count). The summed E-state index contributed by atoms with van der Waals surface area (Å²) in [5.41, 5.74) is 0.740. The number of carbonyl (C=O) groups is 2. The highest BCUT2D eigenvalue weighted by Crippen LogP contribution is 2.37. The van der Waals surface area contributed by atoms with Crippen LogP contribution in [0.25, 0.3) is 0 Å². The second kappa shape index (κ2) is 4.28. The van der Waals surface area contributed by atoms with Crippen molar-refractivity contribution in [3.05, 3.63) is 23.8 Å². The molecule has 0 aromatic heterocycles. The van der Waals surface area contributed by atoms with E-state index in [0.29, 0.717) is 24.7 Å². The van der Waals surface area contributed by atoms with Crippen LogP contribution in [0, 0.1) is 0 Å². The molecule has 2 unspecified atom stereocenters. The second-order valence-corrected chi connectivity index (χ2v) is 5.12. The molecule has 0 bridgehead atoms. The summed E-state index contributed by atoms with van der Waals surface area (Å²) < 4.78 is 10.9. The van der Waals surface area contributed by atoms with E-state index in [9.17, 15) is 9.59 Å². The molecule has 0 spiro atoms. The minimum absolute atomic E-state index is 0.293. The Hall–Kier alpha value is -1.56. The van der Waals surface area contributed by atoms with Gasteiger partial charge >= 0.3 is 0 Å². The monoisotopic (exact) mass is 311 g/mol. The average molecular weight is 312 g/mol. The van der Waals surface area contributed by atoms with Gasteiger partial charge in [-0.25, -0.2) is 0 Å². The van der Waals surface area contributed by atoms with Crippen molar-refractivity contribution in [2.24, 2.45) is 0 Å². The number of fused-ring (bicyclic) bond motifs is 1. The van der Waals surface area contributed by atoms with Crippen molar-refractivity contribution in [3.63, 3.8) is 0 Å². The van der Waals surface area contributed by atoms with Gasteiger partial charge in [-0.1, -0.05) is 22.0 Å². The smallest absolute Gasteiger partial charge is 0.241 e. The molecular weight excluding hydrogens is 302 g/mol. The highest BCUT2D eigenvalue weighted by Gasteiger charge is 2.41. The molecule has 0 radical (unpaired) electrons. The Morgan fingerprint density at radius 1 is 1.11 bits per heavy atom. The van der Waals surface area contributed by atoms with E-state index in [0.717, 1.165) is 5.56 Å². The van der Waals surface area contributed by atoms with Crippen LogP contribution in [0.5, 0.6) is 11.5 Å². The van der Waals surface area contributed by atoms with E-state index in [1.165, 1.54) is 0 Å². The second-order valence-electron chi connectivity index (χ2n) is 4.14. The van der Waals surface area contributed by atoms with E-state index in [1.54, 1.807) is 18.2 Å². The molecule has 0 aliphatic carbocycles. The standard InChI is InChI=1S/C12H10BrNO4/c13-10-9(11(15)14-12(10)16)6-1-2-7-8(5-6)18-4-3-17-7/h1-2,5,9-10H,3-4H2,(H,14,15,16). The third-order valence-corrected chi connectivity index (χ3v) is 3.94. The molecule has 6 heteroatoms. The van der Waals surface area contributed by atoms with Crippen molar-refractivity contribution in [2.45, 2.75) is 10.7 Å². The Bertz CT molecular complexity index is 531. The zero-order valence-electron chi connectivity index (χ0n) is 9.31. The van der Waals surface area contributed by atoms with Crippen molar-refractivity contribution in [1.29, 1.82) is 0 Å². The van der Waals surface area contributed by atoms with Crippen molar-refractivity contribution in [1.82, 2.24) is 5.32 Å². The normalized spacial score (nSPS) is 26.1. The van der Waals surface area contributed by atoms with Gasteiger partial charge in [-0.3, -0.25) is 14.9 Å². The van der Waals surface area contributed by atoms with Crippen LogP contribution in [0.4, 0.5) is 0 Å². The Balaban J connectivity index is 1.97. The van der Waals surface area contributed by atoms with Gasteiger partial charge in [0.15, 0.2) is 11.5 Å². The number of nitrogens with one attached hydrogen (secondary N) is 1. The third-order valence-electron chi connectivity index (χ3n) is 3.00. The third kappa shape index (κ3) is 1.77. The van der Waals surface area contributed by atoms with Gasteiger partial charge in [-0.05, 0) is 17.7 Å². The van der Waals surface area contributed by atoms with Gasteiger partial charge in [0.25, 0.3) is 0 Å². The number of hydrogen-bond acceptors (Lipinski definition) is 4. The summed E-state index contributed by atoms with van der Waals surface area (Å²) in [6, 6.07) is 5.30. The zero-order chi connectivity index (χ0) is 12.7. The Morgan fingerprint density at radius 2 is 1.83 bits per heavy atom. The first kappa shape index (κ1) is 11.5. The van der Waals surface area contributed by atoms with Crippen LogP contribution < -0.4 is 14.8 Å². The van der Waals surface area contributed by atoms with Gasteiger partial charge in [-0.15, -0.1) is 0 Å². The molecular formula is C12H10BrNO4.